The number of anilines is 1. The number of benzene rings is 2. The van der Waals surface area contributed by atoms with Crippen molar-refractivity contribution < 1.29 is 9.18 Å². The van der Waals surface area contributed by atoms with Gasteiger partial charge in [-0.15, -0.1) is 0 Å². The number of rotatable bonds is 3. The van der Waals surface area contributed by atoms with Crippen LogP contribution in [-0.4, -0.2) is 47.2 Å². The van der Waals surface area contributed by atoms with Crippen LogP contribution in [-0.2, 0) is 0 Å². The molecule has 1 N–H and O–H groups in total. The summed E-state index contributed by atoms with van der Waals surface area (Å²) in [6.45, 7) is 4.43. The Morgan fingerprint density at radius 1 is 1.11 bits per heavy atom. The number of aromatic nitrogens is 2. The Balaban J connectivity index is 1.43. The van der Waals surface area contributed by atoms with Gasteiger partial charge in [-0.25, -0.2) is 4.39 Å². The van der Waals surface area contributed by atoms with Crippen LogP contribution < -0.4 is 4.90 Å². The van der Waals surface area contributed by atoms with Gasteiger partial charge in [-0.05, 0) is 55.0 Å². The van der Waals surface area contributed by atoms with E-state index in [2.05, 4.69) is 15.1 Å². The minimum Gasteiger partial charge on any atom is -0.368 e. The molecule has 0 bridgehead atoms. The minimum atomic E-state index is -0.256. The molecule has 1 amide bonds. The van der Waals surface area contributed by atoms with Gasteiger partial charge in [0.05, 0.1) is 5.69 Å². The first-order valence-electron chi connectivity index (χ1n) is 9.13. The summed E-state index contributed by atoms with van der Waals surface area (Å²) in [7, 11) is 0. The van der Waals surface area contributed by atoms with E-state index >= 15 is 0 Å². The number of halogens is 2. The molecule has 5 nitrogen and oxygen atoms in total. The third kappa shape index (κ3) is 3.73. The van der Waals surface area contributed by atoms with E-state index in [1.807, 2.05) is 29.2 Å². The van der Waals surface area contributed by atoms with Crippen molar-refractivity contribution in [1.82, 2.24) is 15.1 Å². The molecule has 0 radical (unpaired) electrons. The molecule has 0 atom stereocenters. The minimum absolute atomic E-state index is 0.0803. The maximum absolute atomic E-state index is 13.5. The first-order chi connectivity index (χ1) is 13.5. The molecular formula is C21H20ClFN4O. The number of hydrogen-bond donors (Lipinski definition) is 1. The van der Waals surface area contributed by atoms with Crippen molar-refractivity contribution in [2.45, 2.75) is 6.92 Å². The highest BCUT2D eigenvalue weighted by Crippen LogP contribution is 2.23. The lowest BCUT2D eigenvalue weighted by Gasteiger charge is -2.36. The Kier molecular flexibility index (Phi) is 5.05. The van der Waals surface area contributed by atoms with Crippen molar-refractivity contribution in [3.63, 3.8) is 0 Å². The van der Waals surface area contributed by atoms with Crippen LogP contribution in [0.2, 0.25) is 5.02 Å². The molecule has 0 spiro atoms. The highest BCUT2D eigenvalue weighted by molar-refractivity contribution is 6.30. The zero-order valence-corrected chi connectivity index (χ0v) is 16.2. The summed E-state index contributed by atoms with van der Waals surface area (Å²) in [6.07, 6.45) is 0. The van der Waals surface area contributed by atoms with Crippen LogP contribution in [0.1, 0.15) is 16.1 Å². The van der Waals surface area contributed by atoms with Crippen molar-refractivity contribution in [2.24, 2.45) is 0 Å². The normalized spacial score (nSPS) is 14.4. The Bertz CT molecular complexity index is 1010. The van der Waals surface area contributed by atoms with Crippen molar-refractivity contribution in [2.75, 3.05) is 31.1 Å². The van der Waals surface area contributed by atoms with Gasteiger partial charge in [0.25, 0.3) is 5.91 Å². The van der Waals surface area contributed by atoms with Gasteiger partial charge < -0.3 is 9.80 Å². The number of aromatic amines is 1. The molecule has 1 aliphatic rings. The average molecular weight is 399 g/mol. The Hall–Kier alpha value is -2.86. The van der Waals surface area contributed by atoms with E-state index in [-0.39, 0.29) is 11.7 Å². The van der Waals surface area contributed by atoms with Gasteiger partial charge in [0.1, 0.15) is 11.5 Å². The van der Waals surface area contributed by atoms with Gasteiger partial charge in [0.2, 0.25) is 0 Å². The van der Waals surface area contributed by atoms with E-state index < -0.39 is 0 Å². The summed E-state index contributed by atoms with van der Waals surface area (Å²) < 4.78 is 13.5. The summed E-state index contributed by atoms with van der Waals surface area (Å²) in [5.41, 5.74) is 3.46. The summed E-state index contributed by atoms with van der Waals surface area (Å²) in [4.78, 5) is 16.8. The van der Waals surface area contributed by atoms with Crippen LogP contribution in [0.4, 0.5) is 10.1 Å². The second-order valence-electron chi connectivity index (χ2n) is 6.89. The van der Waals surface area contributed by atoms with E-state index in [0.717, 1.165) is 24.3 Å². The van der Waals surface area contributed by atoms with Crippen LogP contribution in [0.25, 0.3) is 11.3 Å². The molecule has 28 heavy (non-hydrogen) atoms. The fourth-order valence-corrected chi connectivity index (χ4v) is 3.58. The number of aryl methyl sites for hydroxylation is 1. The molecule has 7 heteroatoms. The fourth-order valence-electron chi connectivity index (χ4n) is 3.39. The number of amides is 1. The highest BCUT2D eigenvalue weighted by atomic mass is 35.5. The lowest BCUT2D eigenvalue weighted by molar-refractivity contribution is 0.0741. The third-order valence-electron chi connectivity index (χ3n) is 5.00. The molecule has 0 unspecified atom stereocenters. The highest BCUT2D eigenvalue weighted by Gasteiger charge is 2.24. The van der Waals surface area contributed by atoms with Crippen LogP contribution in [0.5, 0.6) is 0 Å². The van der Waals surface area contributed by atoms with Crippen LogP contribution in [0, 0.1) is 12.7 Å². The summed E-state index contributed by atoms with van der Waals surface area (Å²) in [6, 6.07) is 14.3. The SMILES string of the molecule is Cc1cc(-c2cc(C(=O)N3CCN(c4cccc(Cl)c4)CC3)[nH]n2)ccc1F. The average Bonchev–Trinajstić information content (AvgIpc) is 3.20. The fraction of sp³-hybridized carbons (Fsp3) is 0.238. The Morgan fingerprint density at radius 2 is 1.89 bits per heavy atom. The van der Waals surface area contributed by atoms with Crippen LogP contribution >= 0.6 is 11.6 Å². The summed E-state index contributed by atoms with van der Waals surface area (Å²) >= 11 is 6.07. The number of nitrogens with zero attached hydrogens (tertiary/aromatic N) is 3. The standard InChI is InChI=1S/C21H20ClFN4O/c1-14-11-15(5-6-18(14)23)19-13-20(25-24-19)21(28)27-9-7-26(8-10-27)17-4-2-3-16(22)12-17/h2-6,11-13H,7-10H2,1H3,(H,24,25). The maximum Gasteiger partial charge on any atom is 0.272 e. The quantitative estimate of drug-likeness (QED) is 0.721. The molecule has 1 aromatic heterocycles. The van der Waals surface area contributed by atoms with Gasteiger partial charge in [0, 0.05) is 42.5 Å². The van der Waals surface area contributed by atoms with Crippen molar-refractivity contribution in [3.8, 4) is 11.3 Å². The molecule has 1 aliphatic heterocycles. The summed E-state index contributed by atoms with van der Waals surface area (Å²) in [5.74, 6) is -0.337. The first kappa shape index (κ1) is 18.5. The number of hydrogen-bond acceptors (Lipinski definition) is 3. The second-order valence-corrected chi connectivity index (χ2v) is 7.33. The van der Waals surface area contributed by atoms with Crippen LogP contribution in [0.3, 0.4) is 0 Å². The number of H-pyrrole nitrogens is 1. The molecule has 0 saturated carbocycles. The van der Waals surface area contributed by atoms with E-state index in [1.165, 1.54) is 6.07 Å². The molecule has 1 fully saturated rings. The smallest absolute Gasteiger partial charge is 0.272 e. The Morgan fingerprint density at radius 3 is 2.61 bits per heavy atom. The molecule has 2 heterocycles. The monoisotopic (exact) mass is 398 g/mol. The largest absolute Gasteiger partial charge is 0.368 e. The predicted molar refractivity (Wildman–Crippen MR) is 108 cm³/mol. The van der Waals surface area contributed by atoms with E-state index in [0.29, 0.717) is 35.1 Å². The van der Waals surface area contributed by atoms with Gasteiger partial charge in [-0.1, -0.05) is 17.7 Å². The Labute approximate surface area is 167 Å². The van der Waals surface area contributed by atoms with Crippen molar-refractivity contribution in [3.05, 3.63) is 70.6 Å². The van der Waals surface area contributed by atoms with E-state index in [1.54, 1.807) is 25.1 Å². The molecule has 3 aromatic rings. The zero-order valence-electron chi connectivity index (χ0n) is 15.5. The second kappa shape index (κ2) is 7.64. The predicted octanol–water partition coefficient (Wildman–Crippen LogP) is 4.14. The lowest BCUT2D eigenvalue weighted by Crippen LogP contribution is -2.48. The molecular weight excluding hydrogens is 379 g/mol. The third-order valence-corrected chi connectivity index (χ3v) is 5.24. The lowest BCUT2D eigenvalue weighted by atomic mass is 10.1. The van der Waals surface area contributed by atoms with Gasteiger partial charge >= 0.3 is 0 Å². The molecule has 144 valence electrons. The topological polar surface area (TPSA) is 52.2 Å². The van der Waals surface area contributed by atoms with E-state index in [9.17, 15) is 9.18 Å². The number of piperazine rings is 1. The zero-order chi connectivity index (χ0) is 19.7. The number of carbonyl (C=O) groups excluding carboxylic acids is 1. The van der Waals surface area contributed by atoms with Crippen LogP contribution in [0.15, 0.2) is 48.5 Å². The van der Waals surface area contributed by atoms with Crippen molar-refractivity contribution in [1.29, 1.82) is 0 Å². The summed E-state index contributed by atoms with van der Waals surface area (Å²) in [5, 5.41) is 7.75. The molecule has 2 aromatic carbocycles. The number of carbonyl (C=O) groups is 1. The van der Waals surface area contributed by atoms with Crippen molar-refractivity contribution >= 4 is 23.2 Å². The molecule has 4 rings (SSSR count). The molecule has 0 aliphatic carbocycles. The number of nitrogens with one attached hydrogen (secondary N) is 1. The van der Waals surface area contributed by atoms with Gasteiger partial charge in [-0.3, -0.25) is 9.89 Å². The first-order valence-corrected chi connectivity index (χ1v) is 9.51. The molecule has 1 saturated heterocycles. The van der Waals surface area contributed by atoms with E-state index in [4.69, 9.17) is 11.6 Å². The van der Waals surface area contributed by atoms with Gasteiger partial charge in [0.15, 0.2) is 0 Å². The van der Waals surface area contributed by atoms with Gasteiger partial charge in [-0.2, -0.15) is 5.10 Å². The maximum atomic E-state index is 13.5.